The summed E-state index contributed by atoms with van der Waals surface area (Å²) >= 11 is 0. The number of rotatable bonds is 12. The highest BCUT2D eigenvalue weighted by Crippen LogP contribution is 1.94. The van der Waals surface area contributed by atoms with E-state index in [9.17, 15) is 14.4 Å². The summed E-state index contributed by atoms with van der Waals surface area (Å²) in [6, 6.07) is 0. The third-order valence-corrected chi connectivity index (χ3v) is 2.14. The van der Waals surface area contributed by atoms with Crippen molar-refractivity contribution in [2.45, 2.75) is 13.8 Å². The van der Waals surface area contributed by atoms with Crippen molar-refractivity contribution in [1.29, 1.82) is 0 Å². The molecule has 0 aliphatic rings. The zero-order valence-corrected chi connectivity index (χ0v) is 13.8. The topological polar surface area (TPSA) is 107 Å². The van der Waals surface area contributed by atoms with Crippen molar-refractivity contribution in [2.24, 2.45) is 0 Å². The zero-order valence-electron chi connectivity index (χ0n) is 13.8. The standard InChI is InChI=1S/C15H22O9/c1-11(2)13(16)23-9-19-5-7-21-15(18)22-8-6-20-10-24-14(17)12(3)4/h1,3,5-10H2,2,4H3. The van der Waals surface area contributed by atoms with Gasteiger partial charge in [-0.3, -0.25) is 0 Å². The highest BCUT2D eigenvalue weighted by Gasteiger charge is 2.06. The fourth-order valence-corrected chi connectivity index (χ4v) is 0.964. The molecule has 9 nitrogen and oxygen atoms in total. The van der Waals surface area contributed by atoms with E-state index in [4.69, 9.17) is 9.47 Å². The molecule has 0 aromatic heterocycles. The summed E-state index contributed by atoms with van der Waals surface area (Å²) in [6.07, 6.45) is -0.903. The van der Waals surface area contributed by atoms with E-state index in [0.717, 1.165) is 0 Å². The fourth-order valence-electron chi connectivity index (χ4n) is 0.964. The van der Waals surface area contributed by atoms with E-state index < -0.39 is 18.1 Å². The lowest BCUT2D eigenvalue weighted by atomic mass is 10.4. The molecule has 0 aliphatic heterocycles. The lowest BCUT2D eigenvalue weighted by Gasteiger charge is -2.08. The molecule has 0 unspecified atom stereocenters. The van der Waals surface area contributed by atoms with Crippen LogP contribution in [0, 0.1) is 0 Å². The van der Waals surface area contributed by atoms with Crippen molar-refractivity contribution in [3.05, 3.63) is 24.3 Å². The molecule has 0 radical (unpaired) electrons. The maximum atomic E-state index is 11.2. The molecule has 136 valence electrons. The lowest BCUT2D eigenvalue weighted by Crippen LogP contribution is -2.17. The molecule has 24 heavy (non-hydrogen) atoms. The first kappa shape index (κ1) is 21.6. The minimum absolute atomic E-state index is 0.0337. The minimum Gasteiger partial charge on any atom is -0.435 e. The molecule has 0 amide bonds. The summed E-state index contributed by atoms with van der Waals surface area (Å²) < 4.78 is 28.5. The second-order valence-corrected chi connectivity index (χ2v) is 4.42. The van der Waals surface area contributed by atoms with Crippen molar-refractivity contribution in [3.63, 3.8) is 0 Å². The minimum atomic E-state index is -0.903. The van der Waals surface area contributed by atoms with Gasteiger partial charge in [-0.1, -0.05) is 13.2 Å². The molecule has 0 N–H and O–H groups in total. The zero-order chi connectivity index (χ0) is 18.4. The maximum Gasteiger partial charge on any atom is 0.508 e. The summed E-state index contributed by atoms with van der Waals surface area (Å²) in [5.41, 5.74) is 0.519. The first-order valence-electron chi connectivity index (χ1n) is 6.95. The number of hydrogen-bond acceptors (Lipinski definition) is 9. The second kappa shape index (κ2) is 13.1. The van der Waals surface area contributed by atoms with Crippen LogP contribution in [0.5, 0.6) is 0 Å². The molecule has 0 saturated carbocycles. The van der Waals surface area contributed by atoms with E-state index >= 15 is 0 Å². The summed E-state index contributed by atoms with van der Waals surface area (Å²) in [5, 5.41) is 0. The van der Waals surface area contributed by atoms with E-state index in [1.165, 1.54) is 13.8 Å². The van der Waals surface area contributed by atoms with Gasteiger partial charge in [0.25, 0.3) is 0 Å². The third kappa shape index (κ3) is 12.2. The van der Waals surface area contributed by atoms with E-state index in [2.05, 4.69) is 32.1 Å². The molecule has 0 aromatic rings. The molecule has 0 heterocycles. The Kier molecular flexibility index (Phi) is 11.8. The van der Waals surface area contributed by atoms with Crippen LogP contribution in [0.25, 0.3) is 0 Å². The second-order valence-electron chi connectivity index (χ2n) is 4.42. The van der Waals surface area contributed by atoms with Crippen molar-refractivity contribution in [1.82, 2.24) is 0 Å². The highest BCUT2D eigenvalue weighted by atomic mass is 16.7. The first-order chi connectivity index (χ1) is 11.3. The number of carbonyl (C=O) groups excluding carboxylic acids is 3. The number of esters is 2. The highest BCUT2D eigenvalue weighted by molar-refractivity contribution is 5.87. The van der Waals surface area contributed by atoms with Crippen LogP contribution in [0.2, 0.25) is 0 Å². The maximum absolute atomic E-state index is 11.2. The molecule has 0 bridgehead atoms. The van der Waals surface area contributed by atoms with Gasteiger partial charge < -0.3 is 28.4 Å². The first-order valence-corrected chi connectivity index (χ1v) is 6.95. The molecule has 0 atom stereocenters. The SMILES string of the molecule is C=C(C)C(=O)OCOCCOC(=O)OCCOCOC(=O)C(=C)C. The molecule has 9 heteroatoms. The van der Waals surface area contributed by atoms with Gasteiger partial charge >= 0.3 is 18.1 Å². The van der Waals surface area contributed by atoms with E-state index in [1.54, 1.807) is 0 Å². The average Bonchev–Trinajstić information content (AvgIpc) is 2.53. The van der Waals surface area contributed by atoms with Gasteiger partial charge in [0.15, 0.2) is 13.6 Å². The Labute approximate surface area is 140 Å². The Hall–Kier alpha value is -2.39. The largest absolute Gasteiger partial charge is 0.508 e. The van der Waals surface area contributed by atoms with Gasteiger partial charge in [-0.2, -0.15) is 0 Å². The Morgan fingerprint density at radius 1 is 0.667 bits per heavy atom. The van der Waals surface area contributed by atoms with E-state index in [0.29, 0.717) is 0 Å². The van der Waals surface area contributed by atoms with Crippen LogP contribution in [0.3, 0.4) is 0 Å². The Morgan fingerprint density at radius 2 is 1.04 bits per heavy atom. The Morgan fingerprint density at radius 3 is 1.38 bits per heavy atom. The van der Waals surface area contributed by atoms with Gasteiger partial charge in [-0.25, -0.2) is 14.4 Å². The molecule has 0 fully saturated rings. The molecule has 0 aliphatic carbocycles. The lowest BCUT2D eigenvalue weighted by molar-refractivity contribution is -0.152. The Balaban J connectivity index is 3.41. The average molecular weight is 346 g/mol. The van der Waals surface area contributed by atoms with Gasteiger partial charge in [-0.05, 0) is 13.8 Å². The van der Waals surface area contributed by atoms with Crippen LogP contribution >= 0.6 is 0 Å². The van der Waals surface area contributed by atoms with Crippen LogP contribution in [-0.4, -0.2) is 58.1 Å². The molecule has 0 saturated heterocycles. The molecule has 0 spiro atoms. The normalized spacial score (nSPS) is 9.75. The van der Waals surface area contributed by atoms with E-state index in [1.807, 2.05) is 0 Å². The van der Waals surface area contributed by atoms with Gasteiger partial charge in [0.05, 0.1) is 13.2 Å². The van der Waals surface area contributed by atoms with Gasteiger partial charge in [0.1, 0.15) is 13.2 Å². The van der Waals surface area contributed by atoms with Crippen molar-refractivity contribution in [2.75, 3.05) is 40.0 Å². The molecular weight excluding hydrogens is 324 g/mol. The summed E-state index contributed by atoms with van der Waals surface area (Å²) in [5.74, 6) is -1.13. The Bertz CT molecular complexity index is 416. The molecule has 0 rings (SSSR count). The monoisotopic (exact) mass is 346 g/mol. The quantitative estimate of drug-likeness (QED) is 0.170. The predicted molar refractivity (Wildman–Crippen MR) is 80.8 cm³/mol. The van der Waals surface area contributed by atoms with Crippen molar-refractivity contribution >= 4 is 18.1 Å². The summed E-state index contributed by atoms with van der Waals surface area (Å²) in [6.45, 7) is 9.23. The van der Waals surface area contributed by atoms with Gasteiger partial charge in [-0.15, -0.1) is 0 Å². The predicted octanol–water partition coefficient (Wildman–Crippen LogP) is 1.33. The summed E-state index contributed by atoms with van der Waals surface area (Å²) in [7, 11) is 0. The van der Waals surface area contributed by atoms with Gasteiger partial charge in [0, 0.05) is 11.1 Å². The van der Waals surface area contributed by atoms with Crippen LogP contribution < -0.4 is 0 Å². The van der Waals surface area contributed by atoms with Crippen molar-refractivity contribution < 1.29 is 42.8 Å². The number of carbonyl (C=O) groups is 3. The van der Waals surface area contributed by atoms with Crippen LogP contribution in [0.1, 0.15) is 13.8 Å². The number of ether oxygens (including phenoxy) is 6. The fraction of sp³-hybridized carbons (Fsp3) is 0.533. The van der Waals surface area contributed by atoms with Crippen LogP contribution in [-0.2, 0) is 38.0 Å². The number of hydrogen-bond donors (Lipinski definition) is 0. The van der Waals surface area contributed by atoms with Crippen LogP contribution in [0.4, 0.5) is 4.79 Å². The van der Waals surface area contributed by atoms with Crippen molar-refractivity contribution in [3.8, 4) is 0 Å². The van der Waals surface area contributed by atoms with E-state index in [-0.39, 0.29) is 51.2 Å². The smallest absolute Gasteiger partial charge is 0.435 e. The molecule has 0 aromatic carbocycles. The summed E-state index contributed by atoms with van der Waals surface area (Å²) in [4.78, 5) is 33.1. The van der Waals surface area contributed by atoms with Gasteiger partial charge in [0.2, 0.25) is 0 Å². The van der Waals surface area contributed by atoms with Crippen LogP contribution in [0.15, 0.2) is 24.3 Å². The molecular formula is C15H22O9. The third-order valence-electron chi connectivity index (χ3n) is 2.14.